The quantitative estimate of drug-likeness (QED) is 0.487. The standard InChI is InChI=1S/C22H22N6O/c1-2-10-27(14-17-6-5-8-23-12-17)22(29)18-11-20-21(25-13-18)28(16-26-20)15-19-7-3-4-9-24-19/h3-9,11-13,16H,2,10,14-15H2,1H3. The van der Waals surface area contributed by atoms with Crippen LogP contribution in [0.25, 0.3) is 11.2 Å². The number of carbonyl (C=O) groups excluding carboxylic acids is 1. The zero-order chi connectivity index (χ0) is 20.1. The van der Waals surface area contributed by atoms with E-state index in [9.17, 15) is 4.79 Å². The Bertz CT molecular complexity index is 1090. The van der Waals surface area contributed by atoms with Crippen LogP contribution >= 0.6 is 0 Å². The summed E-state index contributed by atoms with van der Waals surface area (Å²) in [4.78, 5) is 32.4. The van der Waals surface area contributed by atoms with Crippen molar-refractivity contribution in [3.63, 3.8) is 0 Å². The van der Waals surface area contributed by atoms with Crippen LogP contribution in [0.1, 0.15) is 35.0 Å². The third kappa shape index (κ3) is 4.29. The van der Waals surface area contributed by atoms with E-state index in [4.69, 9.17) is 0 Å². The van der Waals surface area contributed by atoms with Crippen molar-refractivity contribution in [3.8, 4) is 0 Å². The number of nitrogens with zero attached hydrogens (tertiary/aromatic N) is 6. The highest BCUT2D eigenvalue weighted by Gasteiger charge is 2.18. The lowest BCUT2D eigenvalue weighted by Crippen LogP contribution is -2.31. The van der Waals surface area contributed by atoms with Gasteiger partial charge in [0.05, 0.1) is 24.1 Å². The first-order valence-electron chi connectivity index (χ1n) is 9.63. The number of hydrogen-bond acceptors (Lipinski definition) is 5. The molecule has 4 rings (SSSR count). The normalized spacial score (nSPS) is 10.9. The smallest absolute Gasteiger partial charge is 0.255 e. The highest BCUT2D eigenvalue weighted by Crippen LogP contribution is 2.16. The molecule has 4 aromatic rings. The Morgan fingerprint density at radius 3 is 2.76 bits per heavy atom. The predicted octanol–water partition coefficient (Wildman–Crippen LogP) is 3.32. The maximum absolute atomic E-state index is 13.1. The maximum Gasteiger partial charge on any atom is 0.255 e. The van der Waals surface area contributed by atoms with Crippen LogP contribution in [0, 0.1) is 0 Å². The summed E-state index contributed by atoms with van der Waals surface area (Å²) < 4.78 is 1.94. The SMILES string of the molecule is CCCN(Cc1cccnc1)C(=O)c1cnc2c(c1)ncn2Cc1ccccn1. The molecule has 0 N–H and O–H groups in total. The molecule has 0 saturated carbocycles. The number of aromatic nitrogens is 5. The fourth-order valence-corrected chi connectivity index (χ4v) is 3.26. The van der Waals surface area contributed by atoms with Gasteiger partial charge in [-0.25, -0.2) is 9.97 Å². The van der Waals surface area contributed by atoms with Crippen LogP contribution in [-0.4, -0.2) is 41.9 Å². The molecule has 7 nitrogen and oxygen atoms in total. The van der Waals surface area contributed by atoms with E-state index in [1.807, 2.05) is 45.9 Å². The van der Waals surface area contributed by atoms with Gasteiger partial charge in [-0.2, -0.15) is 0 Å². The van der Waals surface area contributed by atoms with Crippen LogP contribution in [0.2, 0.25) is 0 Å². The van der Waals surface area contributed by atoms with Gasteiger partial charge in [-0.3, -0.25) is 14.8 Å². The van der Waals surface area contributed by atoms with Crippen molar-refractivity contribution in [1.29, 1.82) is 0 Å². The van der Waals surface area contributed by atoms with E-state index in [-0.39, 0.29) is 5.91 Å². The minimum Gasteiger partial charge on any atom is -0.334 e. The van der Waals surface area contributed by atoms with E-state index in [2.05, 4.69) is 26.9 Å². The second-order valence-corrected chi connectivity index (χ2v) is 6.85. The number of carbonyl (C=O) groups is 1. The Morgan fingerprint density at radius 1 is 1.07 bits per heavy atom. The molecule has 7 heteroatoms. The molecule has 0 radical (unpaired) electrons. The van der Waals surface area contributed by atoms with Crippen molar-refractivity contribution in [1.82, 2.24) is 29.4 Å². The van der Waals surface area contributed by atoms with Gasteiger partial charge in [0.15, 0.2) is 5.65 Å². The Morgan fingerprint density at radius 2 is 2.00 bits per heavy atom. The number of fused-ring (bicyclic) bond motifs is 1. The zero-order valence-electron chi connectivity index (χ0n) is 16.3. The Hall–Kier alpha value is -3.61. The molecule has 0 aromatic carbocycles. The minimum absolute atomic E-state index is 0.0515. The van der Waals surface area contributed by atoms with Crippen LogP contribution in [0.15, 0.2) is 67.5 Å². The molecule has 0 unspecified atom stereocenters. The Labute approximate surface area is 169 Å². The summed E-state index contributed by atoms with van der Waals surface area (Å²) in [7, 11) is 0. The average molecular weight is 386 g/mol. The summed E-state index contributed by atoms with van der Waals surface area (Å²) in [5.74, 6) is -0.0515. The van der Waals surface area contributed by atoms with E-state index in [1.54, 1.807) is 31.1 Å². The molecule has 4 heterocycles. The van der Waals surface area contributed by atoms with Crippen LogP contribution in [0.4, 0.5) is 0 Å². The summed E-state index contributed by atoms with van der Waals surface area (Å²) >= 11 is 0. The molecule has 1 amide bonds. The predicted molar refractivity (Wildman–Crippen MR) is 110 cm³/mol. The molecule has 0 saturated heterocycles. The van der Waals surface area contributed by atoms with Gasteiger partial charge in [0, 0.05) is 37.9 Å². The number of rotatable bonds is 7. The fraction of sp³-hybridized carbons (Fsp3) is 0.227. The summed E-state index contributed by atoms with van der Waals surface area (Å²) in [6.07, 6.45) is 9.53. The van der Waals surface area contributed by atoms with Gasteiger partial charge >= 0.3 is 0 Å². The molecule has 0 bridgehead atoms. The first kappa shape index (κ1) is 18.7. The molecule has 0 aliphatic rings. The number of hydrogen-bond donors (Lipinski definition) is 0. The van der Waals surface area contributed by atoms with Gasteiger partial charge in [-0.05, 0) is 36.2 Å². The molecular weight excluding hydrogens is 364 g/mol. The third-order valence-electron chi connectivity index (χ3n) is 4.64. The van der Waals surface area contributed by atoms with E-state index >= 15 is 0 Å². The number of pyridine rings is 3. The lowest BCUT2D eigenvalue weighted by Gasteiger charge is -2.22. The van der Waals surface area contributed by atoms with Crippen molar-refractivity contribution in [3.05, 3.63) is 84.3 Å². The van der Waals surface area contributed by atoms with Gasteiger partial charge in [0.1, 0.15) is 5.52 Å². The molecular formula is C22H22N6O. The fourth-order valence-electron chi connectivity index (χ4n) is 3.26. The average Bonchev–Trinajstić information content (AvgIpc) is 3.16. The van der Waals surface area contributed by atoms with Crippen LogP contribution in [0.5, 0.6) is 0 Å². The van der Waals surface area contributed by atoms with Gasteiger partial charge in [0.2, 0.25) is 0 Å². The van der Waals surface area contributed by atoms with E-state index in [0.717, 1.165) is 23.3 Å². The van der Waals surface area contributed by atoms with E-state index in [0.29, 0.717) is 30.7 Å². The number of amides is 1. The summed E-state index contributed by atoms with van der Waals surface area (Å²) in [5, 5.41) is 0. The maximum atomic E-state index is 13.1. The first-order valence-corrected chi connectivity index (χ1v) is 9.63. The Kier molecular flexibility index (Phi) is 5.56. The van der Waals surface area contributed by atoms with Crippen molar-refractivity contribution in [2.45, 2.75) is 26.4 Å². The van der Waals surface area contributed by atoms with Crippen LogP contribution < -0.4 is 0 Å². The van der Waals surface area contributed by atoms with Crippen molar-refractivity contribution < 1.29 is 4.79 Å². The van der Waals surface area contributed by atoms with Gasteiger partial charge in [-0.1, -0.05) is 19.1 Å². The minimum atomic E-state index is -0.0515. The zero-order valence-corrected chi connectivity index (χ0v) is 16.3. The molecule has 0 atom stereocenters. The third-order valence-corrected chi connectivity index (χ3v) is 4.64. The largest absolute Gasteiger partial charge is 0.334 e. The van der Waals surface area contributed by atoms with E-state index < -0.39 is 0 Å². The summed E-state index contributed by atoms with van der Waals surface area (Å²) in [6.45, 7) is 3.83. The van der Waals surface area contributed by atoms with Gasteiger partial charge in [-0.15, -0.1) is 0 Å². The van der Waals surface area contributed by atoms with Crippen LogP contribution in [0.3, 0.4) is 0 Å². The van der Waals surface area contributed by atoms with Gasteiger partial charge in [0.25, 0.3) is 5.91 Å². The molecule has 146 valence electrons. The highest BCUT2D eigenvalue weighted by atomic mass is 16.2. The molecule has 0 aliphatic carbocycles. The number of imidazole rings is 1. The lowest BCUT2D eigenvalue weighted by atomic mass is 10.2. The second kappa shape index (κ2) is 8.60. The van der Waals surface area contributed by atoms with E-state index in [1.165, 1.54) is 0 Å². The molecule has 29 heavy (non-hydrogen) atoms. The molecule has 0 spiro atoms. The van der Waals surface area contributed by atoms with Crippen molar-refractivity contribution >= 4 is 17.1 Å². The molecule has 0 aliphatic heterocycles. The topological polar surface area (TPSA) is 76.8 Å². The lowest BCUT2D eigenvalue weighted by molar-refractivity contribution is 0.0743. The van der Waals surface area contributed by atoms with Crippen LogP contribution in [-0.2, 0) is 13.1 Å². The molecule has 0 fully saturated rings. The van der Waals surface area contributed by atoms with Gasteiger partial charge < -0.3 is 9.47 Å². The monoisotopic (exact) mass is 386 g/mol. The second-order valence-electron chi connectivity index (χ2n) is 6.85. The summed E-state index contributed by atoms with van der Waals surface area (Å²) in [6, 6.07) is 11.5. The van der Waals surface area contributed by atoms with Crippen molar-refractivity contribution in [2.75, 3.05) is 6.54 Å². The first-order chi connectivity index (χ1) is 14.2. The van der Waals surface area contributed by atoms with Crippen molar-refractivity contribution in [2.24, 2.45) is 0 Å². The molecule has 4 aromatic heterocycles. The highest BCUT2D eigenvalue weighted by molar-refractivity contribution is 5.96. The Balaban J connectivity index is 1.57. The summed E-state index contributed by atoms with van der Waals surface area (Å²) in [5.41, 5.74) is 3.91.